The van der Waals surface area contributed by atoms with E-state index in [0.717, 1.165) is 0 Å². The molecule has 13 nitrogen and oxygen atoms in total. The molecule has 0 fully saturated rings. The molecule has 0 rings (SSSR count). The third kappa shape index (κ3) is 11.6. The van der Waals surface area contributed by atoms with Crippen LogP contribution >= 0.6 is 0 Å². The van der Waals surface area contributed by atoms with Gasteiger partial charge < -0.3 is 37.6 Å². The highest BCUT2D eigenvalue weighted by atomic mass is 16.4. The SMILES string of the molecule is CCC(C)C(NC(=O)C(CC(N)=O)NC(=O)C(N)CCC(=O)O)C(=O)NC(CC(C)C)C(=O)O. The second kappa shape index (κ2) is 14.8. The Labute approximate surface area is 198 Å². The van der Waals surface area contributed by atoms with Crippen LogP contribution in [0.25, 0.3) is 0 Å². The van der Waals surface area contributed by atoms with Crippen molar-refractivity contribution in [2.45, 2.75) is 84.0 Å². The van der Waals surface area contributed by atoms with Crippen molar-refractivity contribution in [1.82, 2.24) is 16.0 Å². The zero-order valence-corrected chi connectivity index (χ0v) is 20.0. The van der Waals surface area contributed by atoms with Crippen LogP contribution in [0.4, 0.5) is 0 Å². The van der Waals surface area contributed by atoms with E-state index in [2.05, 4.69) is 16.0 Å². The standard InChI is InChI=1S/C21H37N5O8/c1-5-11(4)17(20(32)25-14(21(33)34)8-10(2)3)26-19(31)13(9-15(23)27)24-18(30)12(22)6-7-16(28)29/h10-14,17H,5-9,22H2,1-4H3,(H2,23,27)(H,24,30)(H,25,32)(H,26,31)(H,28,29)(H,33,34). The summed E-state index contributed by atoms with van der Waals surface area (Å²) in [5.41, 5.74) is 10.8. The van der Waals surface area contributed by atoms with Gasteiger partial charge in [0.05, 0.1) is 12.5 Å². The van der Waals surface area contributed by atoms with E-state index >= 15 is 0 Å². The average Bonchev–Trinajstić information content (AvgIpc) is 2.72. The lowest BCUT2D eigenvalue weighted by Crippen LogP contribution is -2.59. The number of carbonyl (C=O) groups excluding carboxylic acids is 4. The molecule has 4 amide bonds. The number of carboxylic acid groups (broad SMARTS) is 2. The molecule has 0 radical (unpaired) electrons. The van der Waals surface area contributed by atoms with Crippen molar-refractivity contribution in [3.8, 4) is 0 Å². The number of hydrogen-bond acceptors (Lipinski definition) is 7. The number of hydrogen-bond donors (Lipinski definition) is 7. The first-order valence-electron chi connectivity index (χ1n) is 11.1. The smallest absolute Gasteiger partial charge is 0.326 e. The van der Waals surface area contributed by atoms with Crippen molar-refractivity contribution in [2.75, 3.05) is 0 Å². The largest absolute Gasteiger partial charge is 0.481 e. The first-order chi connectivity index (χ1) is 15.7. The number of nitrogens with one attached hydrogen (secondary N) is 3. The van der Waals surface area contributed by atoms with E-state index in [9.17, 15) is 33.9 Å². The molecule has 13 heteroatoms. The van der Waals surface area contributed by atoms with Gasteiger partial charge in [-0.2, -0.15) is 0 Å². The minimum Gasteiger partial charge on any atom is -0.481 e. The monoisotopic (exact) mass is 487 g/mol. The zero-order valence-electron chi connectivity index (χ0n) is 20.0. The van der Waals surface area contributed by atoms with Gasteiger partial charge in [0.25, 0.3) is 0 Å². The van der Waals surface area contributed by atoms with Crippen LogP contribution in [-0.4, -0.2) is 69.9 Å². The summed E-state index contributed by atoms with van der Waals surface area (Å²) in [6, 6.07) is -5.03. The zero-order chi connectivity index (χ0) is 26.6. The summed E-state index contributed by atoms with van der Waals surface area (Å²) in [4.78, 5) is 71.6. The van der Waals surface area contributed by atoms with Crippen molar-refractivity contribution < 1.29 is 39.0 Å². The van der Waals surface area contributed by atoms with Gasteiger partial charge in [0.15, 0.2) is 0 Å². The van der Waals surface area contributed by atoms with Gasteiger partial charge in [-0.05, 0) is 24.7 Å². The molecule has 5 unspecified atom stereocenters. The van der Waals surface area contributed by atoms with Crippen LogP contribution in [0.15, 0.2) is 0 Å². The number of carboxylic acids is 2. The van der Waals surface area contributed by atoms with Crippen LogP contribution in [0.5, 0.6) is 0 Å². The molecule has 0 spiro atoms. The lowest BCUT2D eigenvalue weighted by molar-refractivity contribution is -0.143. The molecular weight excluding hydrogens is 450 g/mol. The first-order valence-corrected chi connectivity index (χ1v) is 11.1. The fourth-order valence-electron chi connectivity index (χ4n) is 3.01. The minimum absolute atomic E-state index is 0.0152. The Morgan fingerprint density at radius 3 is 1.85 bits per heavy atom. The van der Waals surface area contributed by atoms with Gasteiger partial charge in [0.1, 0.15) is 18.1 Å². The van der Waals surface area contributed by atoms with Gasteiger partial charge in [0.2, 0.25) is 23.6 Å². The Morgan fingerprint density at radius 2 is 1.41 bits per heavy atom. The van der Waals surface area contributed by atoms with Crippen LogP contribution in [0.3, 0.4) is 0 Å². The van der Waals surface area contributed by atoms with Crippen LogP contribution in [0, 0.1) is 11.8 Å². The predicted molar refractivity (Wildman–Crippen MR) is 121 cm³/mol. The van der Waals surface area contributed by atoms with Crippen molar-refractivity contribution in [2.24, 2.45) is 23.3 Å². The van der Waals surface area contributed by atoms with E-state index in [1.807, 2.05) is 0 Å². The molecule has 34 heavy (non-hydrogen) atoms. The highest BCUT2D eigenvalue weighted by Crippen LogP contribution is 2.11. The van der Waals surface area contributed by atoms with Crippen LogP contribution in [0.1, 0.15) is 59.8 Å². The van der Waals surface area contributed by atoms with Gasteiger partial charge in [-0.3, -0.25) is 24.0 Å². The summed E-state index contributed by atoms with van der Waals surface area (Å²) in [6.45, 7) is 7.04. The third-order valence-corrected chi connectivity index (χ3v) is 5.16. The summed E-state index contributed by atoms with van der Waals surface area (Å²) >= 11 is 0. The van der Waals surface area contributed by atoms with Crippen LogP contribution in [-0.2, 0) is 28.8 Å². The second-order valence-electron chi connectivity index (χ2n) is 8.67. The summed E-state index contributed by atoms with van der Waals surface area (Å²) in [5, 5.41) is 25.3. The second-order valence-corrected chi connectivity index (χ2v) is 8.67. The normalized spacial score (nSPS) is 15.4. The van der Waals surface area contributed by atoms with Crippen molar-refractivity contribution in [3.63, 3.8) is 0 Å². The van der Waals surface area contributed by atoms with Gasteiger partial charge in [-0.25, -0.2) is 4.79 Å². The minimum atomic E-state index is -1.47. The van der Waals surface area contributed by atoms with Crippen LogP contribution < -0.4 is 27.4 Å². The molecule has 0 aromatic heterocycles. The van der Waals surface area contributed by atoms with E-state index in [-0.39, 0.29) is 25.2 Å². The molecule has 0 aromatic carbocycles. The Bertz CT molecular complexity index is 757. The van der Waals surface area contributed by atoms with Crippen LogP contribution in [0.2, 0.25) is 0 Å². The van der Waals surface area contributed by atoms with E-state index in [1.54, 1.807) is 27.7 Å². The molecular formula is C21H37N5O8. The number of amides is 4. The van der Waals surface area contributed by atoms with Gasteiger partial charge in [-0.15, -0.1) is 0 Å². The quantitative estimate of drug-likeness (QED) is 0.137. The fourth-order valence-corrected chi connectivity index (χ4v) is 3.01. The van der Waals surface area contributed by atoms with Crippen molar-refractivity contribution >= 4 is 35.6 Å². The third-order valence-electron chi connectivity index (χ3n) is 5.16. The first kappa shape index (κ1) is 30.8. The number of primary amides is 1. The van der Waals surface area contributed by atoms with Gasteiger partial charge in [0, 0.05) is 6.42 Å². The summed E-state index contributed by atoms with van der Waals surface area (Å²) in [5.74, 6) is -6.20. The molecule has 194 valence electrons. The maximum atomic E-state index is 12.9. The molecule has 0 bridgehead atoms. The lowest BCUT2D eigenvalue weighted by atomic mass is 9.96. The highest BCUT2D eigenvalue weighted by Gasteiger charge is 2.33. The maximum Gasteiger partial charge on any atom is 0.326 e. The van der Waals surface area contributed by atoms with E-state index in [1.165, 1.54) is 0 Å². The average molecular weight is 488 g/mol. The summed E-state index contributed by atoms with van der Waals surface area (Å²) in [6.07, 6.45) is -0.539. The number of carbonyl (C=O) groups is 6. The fraction of sp³-hybridized carbons (Fsp3) is 0.714. The molecule has 0 aromatic rings. The molecule has 0 aliphatic heterocycles. The number of rotatable bonds is 16. The Morgan fingerprint density at radius 1 is 0.853 bits per heavy atom. The molecule has 0 heterocycles. The highest BCUT2D eigenvalue weighted by molar-refractivity contribution is 5.96. The van der Waals surface area contributed by atoms with E-state index < -0.39 is 72.1 Å². The van der Waals surface area contributed by atoms with Gasteiger partial charge >= 0.3 is 11.9 Å². The maximum absolute atomic E-state index is 12.9. The topological polar surface area (TPSA) is 231 Å². The van der Waals surface area contributed by atoms with Crippen molar-refractivity contribution in [3.05, 3.63) is 0 Å². The molecule has 9 N–H and O–H groups in total. The molecule has 0 aliphatic carbocycles. The van der Waals surface area contributed by atoms with E-state index in [4.69, 9.17) is 16.6 Å². The summed E-state index contributed by atoms with van der Waals surface area (Å²) < 4.78 is 0. The Kier molecular flexibility index (Phi) is 13.4. The van der Waals surface area contributed by atoms with Crippen molar-refractivity contribution in [1.29, 1.82) is 0 Å². The molecule has 5 atom stereocenters. The van der Waals surface area contributed by atoms with Gasteiger partial charge in [-0.1, -0.05) is 34.1 Å². The predicted octanol–water partition coefficient (Wildman–Crippen LogP) is -1.31. The molecule has 0 aliphatic rings. The Hall–Kier alpha value is -3.22. The van der Waals surface area contributed by atoms with E-state index in [0.29, 0.717) is 6.42 Å². The number of aliphatic carboxylic acids is 2. The number of nitrogens with two attached hydrogens (primary N) is 2. The lowest BCUT2D eigenvalue weighted by Gasteiger charge is -2.28. The molecule has 0 saturated heterocycles. The Balaban J connectivity index is 5.55. The summed E-state index contributed by atoms with van der Waals surface area (Å²) in [7, 11) is 0. The molecule has 0 saturated carbocycles.